The lowest BCUT2D eigenvalue weighted by molar-refractivity contribution is -0.0499. The molecule has 0 radical (unpaired) electrons. The average molecular weight is 631 g/mol. The van der Waals surface area contributed by atoms with E-state index < -0.39 is 21.4 Å². The van der Waals surface area contributed by atoms with Crippen LogP contribution in [0.1, 0.15) is 0 Å². The van der Waals surface area contributed by atoms with Crippen LogP contribution in [0.2, 0.25) is 0 Å². The van der Waals surface area contributed by atoms with Crippen molar-refractivity contribution in [3.63, 3.8) is 0 Å². The largest absolute Gasteiger partial charge is 0.534 e. The van der Waals surface area contributed by atoms with E-state index >= 15 is 0 Å². The Balaban J connectivity index is 1.54. The highest BCUT2D eigenvalue weighted by Gasteiger charge is 2.49. The van der Waals surface area contributed by atoms with E-state index in [1.807, 2.05) is 133 Å². The van der Waals surface area contributed by atoms with Crippen LogP contribution < -0.4 is 4.18 Å². The van der Waals surface area contributed by atoms with Crippen LogP contribution in [0, 0.1) is 0 Å². The van der Waals surface area contributed by atoms with Crippen LogP contribution in [0.5, 0.6) is 5.75 Å². The van der Waals surface area contributed by atoms with E-state index in [0.717, 1.165) is 49.4 Å². The van der Waals surface area contributed by atoms with Crippen LogP contribution in [0.4, 0.5) is 13.2 Å². The first kappa shape index (κ1) is 29.3. The Morgan fingerprint density at radius 2 is 0.870 bits per heavy atom. The van der Waals surface area contributed by atoms with Gasteiger partial charge in [0.1, 0.15) is 0 Å². The van der Waals surface area contributed by atoms with Crippen LogP contribution in [0.25, 0.3) is 66.1 Å². The summed E-state index contributed by atoms with van der Waals surface area (Å²) in [6.45, 7) is 0. The van der Waals surface area contributed by atoms with Gasteiger partial charge in [0.25, 0.3) is 0 Å². The molecule has 7 rings (SSSR count). The lowest BCUT2D eigenvalue weighted by Crippen LogP contribution is -2.28. The highest BCUT2D eigenvalue weighted by molar-refractivity contribution is 7.88. The van der Waals surface area contributed by atoms with Crippen molar-refractivity contribution in [2.75, 3.05) is 0 Å². The maximum Gasteiger partial charge on any atom is 0.534 e. The fraction of sp³-hybridized carbons (Fsp3) is 0.0256. The lowest BCUT2D eigenvalue weighted by Gasteiger charge is -2.20. The summed E-state index contributed by atoms with van der Waals surface area (Å²) in [5.74, 6) is -0.414. The van der Waals surface area contributed by atoms with E-state index in [-0.39, 0.29) is 5.56 Å². The van der Waals surface area contributed by atoms with Crippen LogP contribution in [-0.4, -0.2) is 13.9 Å². The quantitative estimate of drug-likeness (QED) is 0.104. The number of halogens is 3. The van der Waals surface area contributed by atoms with Crippen molar-refractivity contribution >= 4 is 31.7 Å². The van der Waals surface area contributed by atoms with Gasteiger partial charge in [-0.15, -0.1) is 0 Å². The van der Waals surface area contributed by atoms with Crippen molar-refractivity contribution in [1.29, 1.82) is 0 Å². The molecule has 0 aliphatic heterocycles. The SMILES string of the molecule is O=S(=O)(Oc1ccc(-c2cccc(-c3ccccc3)c2)cc1-c1c2ccccc2c(-c2ccccc2)c2ccccc12)C(F)(F)F. The normalized spacial score (nSPS) is 12.0. The zero-order chi connectivity index (χ0) is 31.9. The number of fused-ring (bicyclic) bond motifs is 2. The van der Waals surface area contributed by atoms with E-state index in [1.165, 1.54) is 6.07 Å². The molecule has 7 aromatic rings. The minimum absolute atomic E-state index is 0.224. The number of benzene rings is 7. The number of hydrogen-bond donors (Lipinski definition) is 0. The van der Waals surface area contributed by atoms with Gasteiger partial charge in [-0.3, -0.25) is 0 Å². The summed E-state index contributed by atoms with van der Waals surface area (Å²) in [5.41, 5.74) is 0.594. The molecule has 0 unspecified atom stereocenters. The zero-order valence-corrected chi connectivity index (χ0v) is 25.0. The maximum atomic E-state index is 13.6. The Hall–Kier alpha value is -5.40. The summed E-state index contributed by atoms with van der Waals surface area (Å²) in [4.78, 5) is 0. The van der Waals surface area contributed by atoms with E-state index in [1.54, 1.807) is 12.1 Å². The first-order chi connectivity index (χ1) is 22.2. The van der Waals surface area contributed by atoms with Gasteiger partial charge in [-0.25, -0.2) is 0 Å². The fourth-order valence-electron chi connectivity index (χ4n) is 5.99. The molecule has 0 aromatic heterocycles. The van der Waals surface area contributed by atoms with Gasteiger partial charge in [0.05, 0.1) is 0 Å². The molecule has 0 aliphatic carbocycles. The highest BCUT2D eigenvalue weighted by Crippen LogP contribution is 2.47. The molecule has 0 atom stereocenters. The second kappa shape index (κ2) is 11.5. The van der Waals surface area contributed by atoms with E-state index in [9.17, 15) is 21.6 Å². The standard InChI is InChI=1S/C39H25F3O3S/c40-39(41,42)46(43,44)45-36-23-22-30(29-17-11-16-28(24-29)26-12-3-1-4-13-26)25-35(36)38-33-20-9-7-18-31(33)37(27-14-5-2-6-15-27)32-19-8-10-21-34(32)38/h1-25H. The summed E-state index contributed by atoms with van der Waals surface area (Å²) in [6, 6.07) is 47.3. The first-order valence-corrected chi connectivity index (χ1v) is 15.9. The third-order valence-corrected chi connectivity index (χ3v) is 8.99. The molecule has 0 bridgehead atoms. The Morgan fingerprint density at radius 1 is 0.435 bits per heavy atom. The molecule has 7 aromatic carbocycles. The van der Waals surface area contributed by atoms with Crippen LogP contribution in [0.15, 0.2) is 152 Å². The van der Waals surface area contributed by atoms with Crippen molar-refractivity contribution in [1.82, 2.24) is 0 Å². The molecule has 3 nitrogen and oxygen atoms in total. The van der Waals surface area contributed by atoms with Gasteiger partial charge in [-0.2, -0.15) is 21.6 Å². The molecule has 0 heterocycles. The molecular formula is C39H25F3O3S. The molecule has 0 spiro atoms. The first-order valence-electron chi connectivity index (χ1n) is 14.5. The van der Waals surface area contributed by atoms with Gasteiger partial charge < -0.3 is 4.18 Å². The van der Waals surface area contributed by atoms with Crippen molar-refractivity contribution in [3.05, 3.63) is 152 Å². The molecule has 7 heteroatoms. The number of hydrogen-bond acceptors (Lipinski definition) is 3. The predicted molar refractivity (Wildman–Crippen MR) is 179 cm³/mol. The number of alkyl halides is 3. The Bertz CT molecular complexity index is 2280. The van der Waals surface area contributed by atoms with Crippen LogP contribution in [-0.2, 0) is 10.1 Å². The fourth-order valence-corrected chi connectivity index (χ4v) is 6.46. The minimum atomic E-state index is -5.96. The Morgan fingerprint density at radius 3 is 1.41 bits per heavy atom. The molecule has 0 saturated carbocycles. The third kappa shape index (κ3) is 5.29. The average Bonchev–Trinajstić information content (AvgIpc) is 3.07. The summed E-state index contributed by atoms with van der Waals surface area (Å²) in [5, 5.41) is 3.21. The van der Waals surface area contributed by atoms with E-state index in [4.69, 9.17) is 4.18 Å². The van der Waals surface area contributed by atoms with Crippen molar-refractivity contribution in [2.24, 2.45) is 0 Å². The zero-order valence-electron chi connectivity index (χ0n) is 24.2. The minimum Gasteiger partial charge on any atom is -0.375 e. The lowest BCUT2D eigenvalue weighted by atomic mass is 9.85. The van der Waals surface area contributed by atoms with Gasteiger partial charge in [0.15, 0.2) is 5.75 Å². The Kier molecular flexibility index (Phi) is 7.34. The van der Waals surface area contributed by atoms with Crippen LogP contribution >= 0.6 is 0 Å². The Labute approximate surface area is 264 Å². The van der Waals surface area contributed by atoms with Gasteiger partial charge in [0.2, 0.25) is 0 Å². The molecule has 0 aliphatic rings. The van der Waals surface area contributed by atoms with E-state index in [2.05, 4.69) is 0 Å². The second-order valence-corrected chi connectivity index (χ2v) is 12.4. The van der Waals surface area contributed by atoms with Crippen LogP contribution in [0.3, 0.4) is 0 Å². The van der Waals surface area contributed by atoms with Gasteiger partial charge in [-0.1, -0.05) is 133 Å². The molecule has 226 valence electrons. The summed E-state index contributed by atoms with van der Waals surface area (Å²) < 4.78 is 70.6. The molecule has 0 saturated heterocycles. The summed E-state index contributed by atoms with van der Waals surface area (Å²) in [6.07, 6.45) is 0. The van der Waals surface area contributed by atoms with Gasteiger partial charge in [-0.05, 0) is 73.1 Å². The number of rotatable bonds is 6. The van der Waals surface area contributed by atoms with Crippen molar-refractivity contribution < 1.29 is 25.8 Å². The van der Waals surface area contributed by atoms with Crippen molar-refractivity contribution in [2.45, 2.75) is 5.51 Å². The van der Waals surface area contributed by atoms with E-state index in [0.29, 0.717) is 11.1 Å². The van der Waals surface area contributed by atoms with Gasteiger partial charge in [0, 0.05) is 11.1 Å². The maximum absolute atomic E-state index is 13.6. The molecule has 0 fully saturated rings. The predicted octanol–water partition coefficient (Wildman–Crippen LogP) is 10.9. The highest BCUT2D eigenvalue weighted by atomic mass is 32.2. The summed E-state index contributed by atoms with van der Waals surface area (Å²) >= 11 is 0. The summed E-state index contributed by atoms with van der Waals surface area (Å²) in [7, 11) is -5.96. The third-order valence-electron chi connectivity index (χ3n) is 8.03. The molecular weight excluding hydrogens is 605 g/mol. The smallest absolute Gasteiger partial charge is 0.375 e. The second-order valence-electron chi connectivity index (χ2n) is 10.8. The molecule has 0 amide bonds. The van der Waals surface area contributed by atoms with Crippen molar-refractivity contribution in [3.8, 4) is 50.3 Å². The van der Waals surface area contributed by atoms with Gasteiger partial charge >= 0.3 is 15.6 Å². The molecule has 0 N–H and O–H groups in total. The topological polar surface area (TPSA) is 43.4 Å². The molecule has 46 heavy (non-hydrogen) atoms. The monoisotopic (exact) mass is 630 g/mol.